The normalized spacial score (nSPS) is 24.1. The number of benzene rings is 1. The second-order valence-corrected chi connectivity index (χ2v) is 9.71. The van der Waals surface area contributed by atoms with E-state index in [4.69, 9.17) is 0 Å². The van der Waals surface area contributed by atoms with Crippen LogP contribution in [0.3, 0.4) is 0 Å². The van der Waals surface area contributed by atoms with Crippen molar-refractivity contribution in [3.63, 3.8) is 0 Å². The number of sulfonamides is 1. The summed E-state index contributed by atoms with van der Waals surface area (Å²) in [5.41, 5.74) is 0.605. The Morgan fingerprint density at radius 1 is 1.07 bits per heavy atom. The number of amides is 1. The number of rotatable bonds is 5. The molecular weight excluding hydrogens is 388 g/mol. The largest absolute Gasteiger partial charge is 0.354 e. The van der Waals surface area contributed by atoms with Crippen LogP contribution in [0.1, 0.15) is 50.5 Å². The van der Waals surface area contributed by atoms with Gasteiger partial charge in [-0.25, -0.2) is 0 Å². The summed E-state index contributed by atoms with van der Waals surface area (Å²) in [4.78, 5) is 17.4. The quantitative estimate of drug-likeness (QED) is 0.740. The summed E-state index contributed by atoms with van der Waals surface area (Å²) in [5.74, 6) is 0.394. The Bertz CT molecular complexity index is 876. The van der Waals surface area contributed by atoms with Gasteiger partial charge in [0.25, 0.3) is 10.0 Å². The molecule has 3 aliphatic rings. The zero-order chi connectivity index (χ0) is 20.3. The van der Waals surface area contributed by atoms with Crippen LogP contribution in [0.4, 0.5) is 0 Å². The molecule has 0 aromatic heterocycles. The van der Waals surface area contributed by atoms with E-state index >= 15 is 0 Å². The second kappa shape index (κ2) is 8.83. The van der Waals surface area contributed by atoms with Crippen molar-refractivity contribution in [1.29, 1.82) is 0 Å². The molecule has 0 saturated carbocycles. The summed E-state index contributed by atoms with van der Waals surface area (Å²) in [5, 5.41) is 3.07. The molecule has 0 radical (unpaired) electrons. The maximum Gasteiger partial charge on any atom is 0.285 e. The van der Waals surface area contributed by atoms with Crippen molar-refractivity contribution >= 4 is 21.8 Å². The fraction of sp³-hybridized carbons (Fsp3) is 0.619. The van der Waals surface area contributed by atoms with Gasteiger partial charge in [0.05, 0.1) is 0 Å². The zero-order valence-electron chi connectivity index (χ0n) is 16.8. The highest BCUT2D eigenvalue weighted by atomic mass is 32.2. The third-order valence-electron chi connectivity index (χ3n) is 6.09. The fourth-order valence-corrected chi connectivity index (χ4v) is 5.80. The van der Waals surface area contributed by atoms with Crippen molar-refractivity contribution in [1.82, 2.24) is 15.1 Å². The number of amidine groups is 1. The first-order chi connectivity index (χ1) is 14.1. The molecule has 1 amide bonds. The van der Waals surface area contributed by atoms with Crippen molar-refractivity contribution in [3.8, 4) is 0 Å². The molecule has 29 heavy (non-hydrogen) atoms. The van der Waals surface area contributed by atoms with Crippen LogP contribution < -0.4 is 5.32 Å². The maximum absolute atomic E-state index is 12.8. The van der Waals surface area contributed by atoms with Crippen molar-refractivity contribution < 1.29 is 13.2 Å². The molecule has 3 aliphatic heterocycles. The zero-order valence-corrected chi connectivity index (χ0v) is 17.7. The Morgan fingerprint density at radius 3 is 2.62 bits per heavy atom. The fourth-order valence-electron chi connectivity index (χ4n) is 4.58. The predicted octanol–water partition coefficient (Wildman–Crippen LogP) is 1.98. The molecule has 0 unspecified atom stereocenters. The lowest BCUT2D eigenvalue weighted by Crippen LogP contribution is -2.46. The first-order valence-corrected chi connectivity index (χ1v) is 12.2. The second-order valence-electron chi connectivity index (χ2n) is 8.14. The van der Waals surface area contributed by atoms with Crippen LogP contribution in [0, 0.1) is 0 Å². The van der Waals surface area contributed by atoms with E-state index in [9.17, 15) is 13.2 Å². The third kappa shape index (κ3) is 4.48. The summed E-state index contributed by atoms with van der Waals surface area (Å²) in [6.07, 6.45) is 7.72. The van der Waals surface area contributed by atoms with Gasteiger partial charge in [0, 0.05) is 18.7 Å². The SMILES string of the molecule is O=C(NCCCN1CCCCCC1)[C@@H]1CCCN1C1=NS(=O)(=O)c2ccccc21. The maximum atomic E-state index is 12.8. The Labute approximate surface area is 173 Å². The van der Waals surface area contributed by atoms with Crippen LogP contribution >= 0.6 is 0 Å². The Kier molecular flexibility index (Phi) is 6.20. The smallest absolute Gasteiger partial charge is 0.285 e. The third-order valence-corrected chi connectivity index (χ3v) is 7.41. The van der Waals surface area contributed by atoms with E-state index < -0.39 is 10.0 Å². The van der Waals surface area contributed by atoms with Gasteiger partial charge in [-0.05, 0) is 63.9 Å². The van der Waals surface area contributed by atoms with Gasteiger partial charge in [-0.15, -0.1) is 4.40 Å². The van der Waals surface area contributed by atoms with Crippen molar-refractivity contribution in [3.05, 3.63) is 29.8 Å². The Morgan fingerprint density at radius 2 is 1.83 bits per heavy atom. The lowest BCUT2D eigenvalue weighted by molar-refractivity contribution is -0.124. The highest BCUT2D eigenvalue weighted by Gasteiger charge is 2.39. The molecular formula is C21H30N4O3S. The number of carbonyl (C=O) groups excluding carboxylic acids is 1. The molecule has 1 aromatic rings. The summed E-state index contributed by atoms with van der Waals surface area (Å²) in [7, 11) is -3.67. The minimum Gasteiger partial charge on any atom is -0.354 e. The van der Waals surface area contributed by atoms with Crippen molar-refractivity contribution in [2.24, 2.45) is 4.40 Å². The molecule has 8 heteroatoms. The average molecular weight is 419 g/mol. The molecule has 1 aromatic carbocycles. The lowest BCUT2D eigenvalue weighted by atomic mass is 10.1. The number of hydrogen-bond donors (Lipinski definition) is 1. The average Bonchev–Trinajstić information content (AvgIpc) is 3.19. The number of hydrogen-bond acceptors (Lipinski definition) is 5. The molecule has 158 valence electrons. The highest BCUT2D eigenvalue weighted by molar-refractivity contribution is 7.90. The van der Waals surface area contributed by atoms with Gasteiger partial charge in [0.2, 0.25) is 5.91 Å². The van der Waals surface area contributed by atoms with Crippen LogP contribution in [0.25, 0.3) is 0 Å². The Hall–Kier alpha value is -1.93. The first-order valence-electron chi connectivity index (χ1n) is 10.8. The van der Waals surface area contributed by atoms with Gasteiger partial charge < -0.3 is 15.1 Å². The van der Waals surface area contributed by atoms with Crippen LogP contribution in [-0.2, 0) is 14.8 Å². The monoisotopic (exact) mass is 418 g/mol. The Balaban J connectivity index is 1.34. The molecule has 1 N–H and O–H groups in total. The van der Waals surface area contributed by atoms with E-state index in [1.54, 1.807) is 18.2 Å². The van der Waals surface area contributed by atoms with Crippen molar-refractivity contribution in [2.45, 2.75) is 55.9 Å². The van der Waals surface area contributed by atoms with Gasteiger partial charge in [-0.1, -0.05) is 25.0 Å². The summed E-state index contributed by atoms with van der Waals surface area (Å²) >= 11 is 0. The van der Waals surface area contributed by atoms with Gasteiger partial charge in [0.15, 0.2) is 5.84 Å². The lowest BCUT2D eigenvalue weighted by Gasteiger charge is -2.26. The number of carbonyl (C=O) groups is 1. The molecule has 0 spiro atoms. The number of nitrogens with zero attached hydrogens (tertiary/aromatic N) is 3. The predicted molar refractivity (Wildman–Crippen MR) is 112 cm³/mol. The number of nitrogens with one attached hydrogen (secondary N) is 1. The topological polar surface area (TPSA) is 82.1 Å². The van der Waals surface area contributed by atoms with Crippen LogP contribution in [0.2, 0.25) is 0 Å². The van der Waals surface area contributed by atoms with Gasteiger partial charge in [-0.2, -0.15) is 8.42 Å². The minimum atomic E-state index is -3.67. The van der Waals surface area contributed by atoms with E-state index in [1.807, 2.05) is 11.0 Å². The van der Waals surface area contributed by atoms with Crippen LogP contribution in [-0.4, -0.2) is 68.7 Å². The first kappa shape index (κ1) is 20.3. The molecule has 0 aliphatic carbocycles. The molecule has 0 bridgehead atoms. The summed E-state index contributed by atoms with van der Waals surface area (Å²) in [6.45, 7) is 4.65. The number of fused-ring (bicyclic) bond motifs is 1. The van der Waals surface area contributed by atoms with E-state index in [-0.39, 0.29) is 16.8 Å². The molecule has 3 heterocycles. The van der Waals surface area contributed by atoms with E-state index in [0.29, 0.717) is 24.5 Å². The molecule has 7 nitrogen and oxygen atoms in total. The van der Waals surface area contributed by atoms with Gasteiger partial charge in [-0.3, -0.25) is 4.79 Å². The standard InChI is InChI=1S/C21H30N4O3S/c26-21(22-12-8-15-24-13-5-1-2-6-14-24)18-10-7-16-25(18)20-17-9-3-4-11-19(17)29(27,28)23-20/h3-4,9,11,18H,1-2,5-8,10,12-16H2,(H,22,26)/t18-/m0/s1. The molecule has 2 fully saturated rings. The van der Waals surface area contributed by atoms with E-state index in [1.165, 1.54) is 25.7 Å². The van der Waals surface area contributed by atoms with Gasteiger partial charge >= 0.3 is 0 Å². The summed E-state index contributed by atoms with van der Waals surface area (Å²) in [6, 6.07) is 6.51. The van der Waals surface area contributed by atoms with E-state index in [0.717, 1.165) is 38.9 Å². The van der Waals surface area contributed by atoms with Crippen LogP contribution in [0.15, 0.2) is 33.6 Å². The highest BCUT2D eigenvalue weighted by Crippen LogP contribution is 2.31. The van der Waals surface area contributed by atoms with Gasteiger partial charge in [0.1, 0.15) is 10.9 Å². The molecule has 4 rings (SSSR count). The number of likely N-dealkylation sites (tertiary alicyclic amines) is 2. The minimum absolute atomic E-state index is 0.0251. The van der Waals surface area contributed by atoms with E-state index in [2.05, 4.69) is 14.6 Å². The molecule has 2 saturated heterocycles. The molecule has 1 atom stereocenters. The van der Waals surface area contributed by atoms with Crippen molar-refractivity contribution in [2.75, 3.05) is 32.7 Å². The summed E-state index contributed by atoms with van der Waals surface area (Å²) < 4.78 is 28.7. The van der Waals surface area contributed by atoms with Crippen LogP contribution in [0.5, 0.6) is 0 Å².